The fourth-order valence-corrected chi connectivity index (χ4v) is 2.44. The standard InChI is InChI=1S/C11H20N2O2.ClH/c1-15-10-4-6-13(8-10)11(14)9-3-2-5-12-7-9;/h9-10,12H,2-8H2,1H3;1H/t9?,10-;/m1./s1. The normalized spacial score (nSPS) is 29.9. The lowest BCUT2D eigenvalue weighted by Gasteiger charge is -2.26. The van der Waals surface area contributed by atoms with Crippen LogP contribution in [0.5, 0.6) is 0 Å². The molecule has 0 radical (unpaired) electrons. The Kier molecular flexibility index (Phi) is 5.52. The predicted octanol–water partition coefficient (Wildman–Crippen LogP) is 0.655. The van der Waals surface area contributed by atoms with Crippen molar-refractivity contribution in [1.82, 2.24) is 10.2 Å². The molecular weight excluding hydrogens is 228 g/mol. The number of hydrogen-bond donors (Lipinski definition) is 1. The number of ether oxygens (including phenoxy) is 1. The van der Waals surface area contributed by atoms with Crippen molar-refractivity contribution in [2.45, 2.75) is 25.4 Å². The van der Waals surface area contributed by atoms with E-state index in [-0.39, 0.29) is 24.4 Å². The van der Waals surface area contributed by atoms with Gasteiger partial charge in [-0.25, -0.2) is 0 Å². The molecule has 2 heterocycles. The van der Waals surface area contributed by atoms with Crippen LogP contribution in [0.1, 0.15) is 19.3 Å². The van der Waals surface area contributed by atoms with E-state index in [0.29, 0.717) is 5.91 Å². The Hall–Kier alpha value is -0.320. The van der Waals surface area contributed by atoms with Gasteiger partial charge in [-0.1, -0.05) is 0 Å². The number of amides is 1. The van der Waals surface area contributed by atoms with Crippen LogP contribution in [0.25, 0.3) is 0 Å². The molecular formula is C11H21ClN2O2. The number of carbonyl (C=O) groups is 1. The maximum atomic E-state index is 12.1. The Morgan fingerprint density at radius 2 is 2.25 bits per heavy atom. The first-order chi connectivity index (χ1) is 7.31. The van der Waals surface area contributed by atoms with Crippen LogP contribution in [-0.4, -0.2) is 50.2 Å². The molecule has 0 aromatic carbocycles. The van der Waals surface area contributed by atoms with Crippen molar-refractivity contribution in [3.63, 3.8) is 0 Å². The Morgan fingerprint density at radius 1 is 1.44 bits per heavy atom. The Labute approximate surface area is 103 Å². The topological polar surface area (TPSA) is 41.6 Å². The van der Waals surface area contributed by atoms with E-state index in [0.717, 1.165) is 45.4 Å². The number of likely N-dealkylation sites (tertiary alicyclic amines) is 1. The van der Waals surface area contributed by atoms with Crippen LogP contribution in [0.4, 0.5) is 0 Å². The SMILES string of the molecule is CO[C@@H]1CCN(C(=O)C2CCCNC2)C1.Cl. The van der Waals surface area contributed by atoms with Crippen LogP contribution >= 0.6 is 12.4 Å². The van der Waals surface area contributed by atoms with Crippen molar-refractivity contribution in [3.8, 4) is 0 Å². The number of rotatable bonds is 2. The average molecular weight is 249 g/mol. The summed E-state index contributed by atoms with van der Waals surface area (Å²) in [6.45, 7) is 3.57. The van der Waals surface area contributed by atoms with Crippen molar-refractivity contribution in [2.24, 2.45) is 5.92 Å². The van der Waals surface area contributed by atoms with Gasteiger partial charge in [0.15, 0.2) is 0 Å². The lowest BCUT2D eigenvalue weighted by molar-refractivity contribution is -0.135. The van der Waals surface area contributed by atoms with Crippen molar-refractivity contribution in [3.05, 3.63) is 0 Å². The molecule has 2 aliphatic heterocycles. The van der Waals surface area contributed by atoms with Gasteiger partial charge in [-0.2, -0.15) is 0 Å². The van der Waals surface area contributed by atoms with Gasteiger partial charge in [-0.15, -0.1) is 12.4 Å². The van der Waals surface area contributed by atoms with Gasteiger partial charge in [0, 0.05) is 26.7 Å². The maximum Gasteiger partial charge on any atom is 0.227 e. The lowest BCUT2D eigenvalue weighted by atomic mass is 9.98. The van der Waals surface area contributed by atoms with E-state index in [4.69, 9.17) is 4.74 Å². The number of hydrogen-bond acceptors (Lipinski definition) is 3. The molecule has 2 fully saturated rings. The third kappa shape index (κ3) is 3.09. The fraction of sp³-hybridized carbons (Fsp3) is 0.909. The molecule has 5 heteroatoms. The summed E-state index contributed by atoms with van der Waals surface area (Å²) in [4.78, 5) is 14.1. The monoisotopic (exact) mass is 248 g/mol. The van der Waals surface area contributed by atoms with Crippen LogP contribution in [0.15, 0.2) is 0 Å². The molecule has 0 spiro atoms. The zero-order valence-electron chi connectivity index (χ0n) is 9.78. The van der Waals surface area contributed by atoms with E-state index in [1.165, 1.54) is 0 Å². The molecule has 94 valence electrons. The number of methoxy groups -OCH3 is 1. The molecule has 1 N–H and O–H groups in total. The summed E-state index contributed by atoms with van der Waals surface area (Å²) in [5.74, 6) is 0.524. The molecule has 2 aliphatic rings. The van der Waals surface area contributed by atoms with Crippen LogP contribution in [-0.2, 0) is 9.53 Å². The average Bonchev–Trinajstić information content (AvgIpc) is 2.78. The van der Waals surface area contributed by atoms with Gasteiger partial charge in [0.05, 0.1) is 12.0 Å². The summed E-state index contributed by atoms with van der Waals surface area (Å²) < 4.78 is 5.27. The molecule has 0 aromatic rings. The second-order valence-corrected chi connectivity index (χ2v) is 4.47. The van der Waals surface area contributed by atoms with Gasteiger partial charge in [0.1, 0.15) is 0 Å². The summed E-state index contributed by atoms with van der Waals surface area (Å²) >= 11 is 0. The van der Waals surface area contributed by atoms with Gasteiger partial charge < -0.3 is 15.0 Å². The van der Waals surface area contributed by atoms with Crippen molar-refractivity contribution < 1.29 is 9.53 Å². The first kappa shape index (κ1) is 13.7. The first-order valence-corrected chi connectivity index (χ1v) is 5.83. The molecule has 1 amide bonds. The summed E-state index contributed by atoms with van der Waals surface area (Å²) in [5, 5.41) is 3.29. The second kappa shape index (κ2) is 6.42. The van der Waals surface area contributed by atoms with Crippen molar-refractivity contribution in [2.75, 3.05) is 33.3 Å². The summed E-state index contributed by atoms with van der Waals surface area (Å²) in [5.41, 5.74) is 0. The van der Waals surface area contributed by atoms with Crippen LogP contribution in [0.2, 0.25) is 0 Å². The Morgan fingerprint density at radius 3 is 2.81 bits per heavy atom. The number of piperidine rings is 1. The molecule has 2 saturated heterocycles. The quantitative estimate of drug-likeness (QED) is 0.781. The van der Waals surface area contributed by atoms with Crippen LogP contribution in [0.3, 0.4) is 0 Å². The molecule has 0 bridgehead atoms. The third-order valence-electron chi connectivity index (χ3n) is 3.44. The number of nitrogens with one attached hydrogen (secondary N) is 1. The molecule has 0 aliphatic carbocycles. The highest BCUT2D eigenvalue weighted by Crippen LogP contribution is 2.18. The van der Waals surface area contributed by atoms with Crippen molar-refractivity contribution >= 4 is 18.3 Å². The minimum absolute atomic E-state index is 0. The highest BCUT2D eigenvalue weighted by atomic mass is 35.5. The minimum atomic E-state index is 0. The van der Waals surface area contributed by atoms with Gasteiger partial charge in [-0.3, -0.25) is 4.79 Å². The number of nitrogens with zero attached hydrogens (tertiary/aromatic N) is 1. The first-order valence-electron chi connectivity index (χ1n) is 5.83. The Balaban J connectivity index is 0.00000128. The fourth-order valence-electron chi connectivity index (χ4n) is 2.44. The van der Waals surface area contributed by atoms with Gasteiger partial charge in [0.2, 0.25) is 5.91 Å². The smallest absolute Gasteiger partial charge is 0.227 e. The van der Waals surface area contributed by atoms with Gasteiger partial charge in [-0.05, 0) is 25.8 Å². The summed E-state index contributed by atoms with van der Waals surface area (Å²) in [7, 11) is 1.72. The minimum Gasteiger partial charge on any atom is -0.380 e. The van der Waals surface area contributed by atoms with Crippen LogP contribution < -0.4 is 5.32 Å². The molecule has 16 heavy (non-hydrogen) atoms. The van der Waals surface area contributed by atoms with E-state index in [1.807, 2.05) is 4.90 Å². The van der Waals surface area contributed by atoms with E-state index in [2.05, 4.69) is 5.32 Å². The largest absolute Gasteiger partial charge is 0.380 e. The maximum absolute atomic E-state index is 12.1. The molecule has 0 aromatic heterocycles. The number of carbonyl (C=O) groups excluding carboxylic acids is 1. The highest BCUT2D eigenvalue weighted by Gasteiger charge is 2.31. The zero-order valence-corrected chi connectivity index (χ0v) is 10.6. The second-order valence-electron chi connectivity index (χ2n) is 4.47. The Bertz CT molecular complexity index is 232. The molecule has 1 unspecified atom stereocenters. The third-order valence-corrected chi connectivity index (χ3v) is 3.44. The van der Waals surface area contributed by atoms with E-state index < -0.39 is 0 Å². The number of halogens is 1. The van der Waals surface area contributed by atoms with E-state index in [1.54, 1.807) is 7.11 Å². The summed E-state index contributed by atoms with van der Waals surface area (Å²) in [6, 6.07) is 0. The lowest BCUT2D eigenvalue weighted by Crippen LogP contribution is -2.42. The molecule has 2 rings (SSSR count). The molecule has 4 nitrogen and oxygen atoms in total. The highest BCUT2D eigenvalue weighted by molar-refractivity contribution is 5.85. The molecule has 0 saturated carbocycles. The molecule has 2 atom stereocenters. The van der Waals surface area contributed by atoms with Crippen molar-refractivity contribution in [1.29, 1.82) is 0 Å². The van der Waals surface area contributed by atoms with E-state index >= 15 is 0 Å². The zero-order chi connectivity index (χ0) is 10.7. The predicted molar refractivity (Wildman–Crippen MR) is 64.8 cm³/mol. The van der Waals surface area contributed by atoms with E-state index in [9.17, 15) is 4.79 Å². The van der Waals surface area contributed by atoms with Gasteiger partial charge >= 0.3 is 0 Å². The van der Waals surface area contributed by atoms with Crippen LogP contribution in [0, 0.1) is 5.92 Å². The van der Waals surface area contributed by atoms with Gasteiger partial charge in [0.25, 0.3) is 0 Å². The summed E-state index contributed by atoms with van der Waals surface area (Å²) in [6.07, 6.45) is 3.41.